The normalized spacial score (nSPS) is 28.9. The van der Waals surface area contributed by atoms with Crippen molar-refractivity contribution in [2.45, 2.75) is 19.8 Å². The molecule has 0 aromatic rings. The zero-order valence-electron chi connectivity index (χ0n) is 5.31. The lowest BCUT2D eigenvalue weighted by Gasteiger charge is -2.17. The van der Waals surface area contributed by atoms with Crippen LogP contribution >= 0.6 is 24.0 Å². The van der Waals surface area contributed by atoms with Gasteiger partial charge in [-0.05, 0) is 31.8 Å². The summed E-state index contributed by atoms with van der Waals surface area (Å²) in [5.41, 5.74) is 0. The van der Waals surface area contributed by atoms with E-state index in [1.165, 1.54) is 25.9 Å². The number of rotatable bonds is 0. The van der Waals surface area contributed by atoms with E-state index >= 15 is 0 Å². The second-order valence-electron chi connectivity index (χ2n) is 2.45. The van der Waals surface area contributed by atoms with Crippen LogP contribution < -0.4 is 5.32 Å². The van der Waals surface area contributed by atoms with Crippen molar-refractivity contribution in [2.75, 3.05) is 13.1 Å². The lowest BCUT2D eigenvalue weighted by atomic mass is 10.0. The van der Waals surface area contributed by atoms with Crippen LogP contribution in [-0.2, 0) is 0 Å². The van der Waals surface area contributed by atoms with Crippen molar-refractivity contribution in [1.82, 2.24) is 5.32 Å². The van der Waals surface area contributed by atoms with E-state index in [-0.39, 0.29) is 24.0 Å². The van der Waals surface area contributed by atoms with Gasteiger partial charge in [-0.15, -0.1) is 24.0 Å². The summed E-state index contributed by atoms with van der Waals surface area (Å²) in [5, 5.41) is 3.33. The fraction of sp³-hybridized carbons (Fsp3) is 1.00. The smallest absolute Gasteiger partial charge is 0.00231 e. The van der Waals surface area contributed by atoms with Crippen LogP contribution in [0, 0.1) is 5.92 Å². The zero-order valence-corrected chi connectivity index (χ0v) is 7.64. The molecule has 1 nitrogen and oxygen atoms in total. The van der Waals surface area contributed by atoms with Crippen molar-refractivity contribution in [2.24, 2.45) is 5.92 Å². The number of piperidine rings is 1. The van der Waals surface area contributed by atoms with E-state index in [1.54, 1.807) is 0 Å². The van der Waals surface area contributed by atoms with Crippen LogP contribution in [0.4, 0.5) is 0 Å². The standard InChI is InChI=1S/C6H13N.HI/c1-6-3-2-4-7-5-6;/h6-7H,2-5H2,1H3;1H. The lowest BCUT2D eigenvalue weighted by molar-refractivity contribution is 0.405. The molecular weight excluding hydrogens is 213 g/mol. The Morgan fingerprint density at radius 2 is 2.25 bits per heavy atom. The first-order valence-corrected chi connectivity index (χ1v) is 3.10. The minimum Gasteiger partial charge on any atom is -0.316 e. The van der Waals surface area contributed by atoms with Gasteiger partial charge < -0.3 is 5.32 Å². The number of hydrogen-bond donors (Lipinski definition) is 1. The minimum atomic E-state index is 0. The van der Waals surface area contributed by atoms with Crippen molar-refractivity contribution in [1.29, 1.82) is 0 Å². The molecule has 0 aromatic carbocycles. The van der Waals surface area contributed by atoms with Crippen molar-refractivity contribution in [3.63, 3.8) is 0 Å². The van der Waals surface area contributed by atoms with Crippen LogP contribution in [0.1, 0.15) is 19.8 Å². The SMILES string of the molecule is CC1CCCNC1.I. The maximum absolute atomic E-state index is 3.33. The molecule has 1 fully saturated rings. The van der Waals surface area contributed by atoms with Crippen LogP contribution in [0.15, 0.2) is 0 Å². The summed E-state index contributed by atoms with van der Waals surface area (Å²) in [5.74, 6) is 0.925. The van der Waals surface area contributed by atoms with E-state index in [0.29, 0.717) is 0 Å². The fourth-order valence-corrected chi connectivity index (χ4v) is 1.03. The van der Waals surface area contributed by atoms with E-state index in [1.807, 2.05) is 0 Å². The molecule has 0 spiro atoms. The summed E-state index contributed by atoms with van der Waals surface area (Å²) >= 11 is 0. The first-order chi connectivity index (χ1) is 3.39. The highest BCUT2D eigenvalue weighted by atomic mass is 127. The summed E-state index contributed by atoms with van der Waals surface area (Å²) in [6.07, 6.45) is 2.80. The average molecular weight is 227 g/mol. The zero-order chi connectivity index (χ0) is 5.11. The quantitative estimate of drug-likeness (QED) is 0.620. The van der Waals surface area contributed by atoms with Crippen LogP contribution in [0.25, 0.3) is 0 Å². The number of halogens is 1. The van der Waals surface area contributed by atoms with Crippen molar-refractivity contribution in [3.8, 4) is 0 Å². The predicted octanol–water partition coefficient (Wildman–Crippen LogP) is 1.62. The third kappa shape index (κ3) is 2.87. The van der Waals surface area contributed by atoms with Crippen LogP contribution in [0.2, 0.25) is 0 Å². The molecule has 8 heavy (non-hydrogen) atoms. The minimum absolute atomic E-state index is 0. The Morgan fingerprint density at radius 3 is 2.50 bits per heavy atom. The van der Waals surface area contributed by atoms with E-state index in [0.717, 1.165) is 5.92 Å². The summed E-state index contributed by atoms with van der Waals surface area (Å²) in [4.78, 5) is 0. The Morgan fingerprint density at radius 1 is 1.50 bits per heavy atom. The van der Waals surface area contributed by atoms with Gasteiger partial charge in [0.2, 0.25) is 0 Å². The topological polar surface area (TPSA) is 12.0 Å². The molecule has 1 atom stereocenters. The van der Waals surface area contributed by atoms with Gasteiger partial charge in [-0.1, -0.05) is 6.92 Å². The molecule has 1 saturated heterocycles. The van der Waals surface area contributed by atoms with Gasteiger partial charge in [0.1, 0.15) is 0 Å². The molecule has 0 amide bonds. The second-order valence-corrected chi connectivity index (χ2v) is 2.45. The number of nitrogens with one attached hydrogen (secondary N) is 1. The van der Waals surface area contributed by atoms with Gasteiger partial charge in [0.05, 0.1) is 0 Å². The van der Waals surface area contributed by atoms with E-state index < -0.39 is 0 Å². The van der Waals surface area contributed by atoms with Crippen molar-refractivity contribution in [3.05, 3.63) is 0 Å². The molecule has 0 aliphatic carbocycles. The van der Waals surface area contributed by atoms with Gasteiger partial charge in [-0.2, -0.15) is 0 Å². The predicted molar refractivity (Wildman–Crippen MR) is 46.7 cm³/mol. The Kier molecular flexibility index (Phi) is 4.95. The molecule has 1 N–H and O–H groups in total. The molecule has 1 unspecified atom stereocenters. The number of hydrogen-bond acceptors (Lipinski definition) is 1. The molecule has 0 saturated carbocycles. The summed E-state index contributed by atoms with van der Waals surface area (Å²) < 4.78 is 0. The molecular formula is C6H14IN. The van der Waals surface area contributed by atoms with Crippen LogP contribution in [-0.4, -0.2) is 13.1 Å². The highest BCUT2D eigenvalue weighted by Crippen LogP contribution is 2.06. The average Bonchev–Trinajstić information content (AvgIpc) is 1.69. The highest BCUT2D eigenvalue weighted by Gasteiger charge is 2.04. The molecule has 2 heteroatoms. The maximum atomic E-state index is 3.33. The van der Waals surface area contributed by atoms with Gasteiger partial charge in [0.15, 0.2) is 0 Å². The molecule has 1 heterocycles. The van der Waals surface area contributed by atoms with Gasteiger partial charge in [0.25, 0.3) is 0 Å². The molecule has 1 aliphatic heterocycles. The highest BCUT2D eigenvalue weighted by molar-refractivity contribution is 14.0. The Bertz CT molecular complexity index is 50.5. The summed E-state index contributed by atoms with van der Waals surface area (Å²) in [6, 6.07) is 0. The third-order valence-electron chi connectivity index (χ3n) is 1.54. The first kappa shape index (κ1) is 8.69. The Balaban J connectivity index is 0.000000490. The van der Waals surface area contributed by atoms with Gasteiger partial charge >= 0.3 is 0 Å². The Labute approximate surface area is 68.3 Å². The van der Waals surface area contributed by atoms with Crippen LogP contribution in [0.3, 0.4) is 0 Å². The second kappa shape index (κ2) is 4.56. The van der Waals surface area contributed by atoms with E-state index in [4.69, 9.17) is 0 Å². The largest absolute Gasteiger partial charge is 0.316 e. The lowest BCUT2D eigenvalue weighted by Crippen LogP contribution is -2.27. The molecule has 50 valence electrons. The van der Waals surface area contributed by atoms with Gasteiger partial charge in [-0.25, -0.2) is 0 Å². The molecule has 1 rings (SSSR count). The fourth-order valence-electron chi connectivity index (χ4n) is 1.03. The molecule has 0 aromatic heterocycles. The van der Waals surface area contributed by atoms with Gasteiger partial charge in [-0.3, -0.25) is 0 Å². The summed E-state index contributed by atoms with van der Waals surface area (Å²) in [6.45, 7) is 4.77. The molecule has 0 bridgehead atoms. The monoisotopic (exact) mass is 227 g/mol. The Hall–Kier alpha value is 0.690. The van der Waals surface area contributed by atoms with Gasteiger partial charge in [0, 0.05) is 0 Å². The van der Waals surface area contributed by atoms with E-state index in [9.17, 15) is 0 Å². The molecule has 0 radical (unpaired) electrons. The molecule has 1 aliphatic rings. The van der Waals surface area contributed by atoms with E-state index in [2.05, 4.69) is 12.2 Å². The van der Waals surface area contributed by atoms with Crippen LogP contribution in [0.5, 0.6) is 0 Å². The summed E-state index contributed by atoms with van der Waals surface area (Å²) in [7, 11) is 0. The maximum Gasteiger partial charge on any atom is -0.00231 e. The van der Waals surface area contributed by atoms with Crippen molar-refractivity contribution >= 4 is 24.0 Å². The third-order valence-corrected chi connectivity index (χ3v) is 1.54. The first-order valence-electron chi connectivity index (χ1n) is 3.10. The van der Waals surface area contributed by atoms with Crippen molar-refractivity contribution < 1.29 is 0 Å².